The average molecular weight is 559 g/mol. The molecule has 180 valence electrons. The number of amides is 2. The molecule has 0 aliphatic heterocycles. The maximum Gasteiger partial charge on any atom is 0.244 e. The van der Waals surface area contributed by atoms with Gasteiger partial charge >= 0.3 is 0 Å². The average Bonchev–Trinajstić information content (AvgIpc) is 2.76. The summed E-state index contributed by atoms with van der Waals surface area (Å²) < 4.78 is 26.7. The fourth-order valence-electron chi connectivity index (χ4n) is 3.08. The quantitative estimate of drug-likeness (QED) is 0.474. The highest BCUT2D eigenvalue weighted by Crippen LogP contribution is 2.28. The van der Waals surface area contributed by atoms with Crippen molar-refractivity contribution in [3.05, 3.63) is 63.6 Å². The van der Waals surface area contributed by atoms with Crippen molar-refractivity contribution in [3.8, 4) is 0 Å². The van der Waals surface area contributed by atoms with E-state index in [0.717, 1.165) is 22.5 Å². The molecule has 0 heterocycles. The van der Waals surface area contributed by atoms with Gasteiger partial charge < -0.3 is 10.2 Å². The van der Waals surface area contributed by atoms with Gasteiger partial charge in [0.25, 0.3) is 0 Å². The first-order valence-corrected chi connectivity index (χ1v) is 13.5. The van der Waals surface area contributed by atoms with Gasteiger partial charge in [0.2, 0.25) is 21.8 Å². The Morgan fingerprint density at radius 1 is 1.09 bits per heavy atom. The zero-order valence-electron chi connectivity index (χ0n) is 19.1. The highest BCUT2D eigenvalue weighted by Gasteiger charge is 2.31. The predicted octanol–water partition coefficient (Wildman–Crippen LogP) is 4.20. The normalized spacial score (nSPS) is 13.2. The number of rotatable bonds is 10. The van der Waals surface area contributed by atoms with E-state index in [-0.39, 0.29) is 18.5 Å². The minimum Gasteiger partial charge on any atom is -0.352 e. The molecule has 0 aromatic heterocycles. The van der Waals surface area contributed by atoms with E-state index in [9.17, 15) is 18.0 Å². The summed E-state index contributed by atoms with van der Waals surface area (Å²) in [5, 5.41) is 3.44. The van der Waals surface area contributed by atoms with Crippen LogP contribution >= 0.6 is 27.5 Å². The number of nitrogens with zero attached hydrogens (tertiary/aromatic N) is 2. The lowest BCUT2D eigenvalue weighted by atomic mass is 10.1. The second kappa shape index (κ2) is 11.9. The monoisotopic (exact) mass is 557 g/mol. The van der Waals surface area contributed by atoms with Crippen LogP contribution in [0.4, 0.5) is 5.69 Å². The van der Waals surface area contributed by atoms with Crippen LogP contribution in [-0.4, -0.2) is 50.0 Å². The second-order valence-electron chi connectivity index (χ2n) is 7.86. The molecule has 2 aromatic carbocycles. The molecule has 0 aliphatic rings. The summed E-state index contributed by atoms with van der Waals surface area (Å²) in [7, 11) is -3.78. The number of hydrogen-bond donors (Lipinski definition) is 1. The van der Waals surface area contributed by atoms with Crippen LogP contribution in [0.5, 0.6) is 0 Å². The molecule has 0 unspecified atom stereocenters. The van der Waals surface area contributed by atoms with Crippen LogP contribution in [-0.2, 0) is 26.2 Å². The van der Waals surface area contributed by atoms with E-state index in [2.05, 4.69) is 21.2 Å². The number of anilines is 1. The Bertz CT molecular complexity index is 1080. The zero-order chi connectivity index (χ0) is 24.8. The van der Waals surface area contributed by atoms with Crippen molar-refractivity contribution in [1.82, 2.24) is 10.2 Å². The van der Waals surface area contributed by atoms with Gasteiger partial charge in [0.15, 0.2) is 0 Å². The number of benzene rings is 2. The minimum absolute atomic E-state index is 0.0553. The number of halogens is 2. The highest BCUT2D eigenvalue weighted by molar-refractivity contribution is 9.10. The molecule has 0 radical (unpaired) electrons. The van der Waals surface area contributed by atoms with Gasteiger partial charge in [-0.1, -0.05) is 42.8 Å². The summed E-state index contributed by atoms with van der Waals surface area (Å²) in [5.74, 6) is -0.809. The highest BCUT2D eigenvalue weighted by atomic mass is 79.9. The van der Waals surface area contributed by atoms with E-state index >= 15 is 0 Å². The van der Waals surface area contributed by atoms with Crippen LogP contribution in [0.3, 0.4) is 0 Å². The van der Waals surface area contributed by atoms with Gasteiger partial charge in [-0.15, -0.1) is 0 Å². The minimum atomic E-state index is -3.78. The van der Waals surface area contributed by atoms with Gasteiger partial charge in [0, 0.05) is 22.1 Å². The zero-order valence-corrected chi connectivity index (χ0v) is 22.2. The summed E-state index contributed by atoms with van der Waals surface area (Å²) in [6.07, 6.45) is 1.79. The van der Waals surface area contributed by atoms with Crippen molar-refractivity contribution < 1.29 is 18.0 Å². The van der Waals surface area contributed by atoms with E-state index in [1.807, 2.05) is 13.8 Å². The predicted molar refractivity (Wildman–Crippen MR) is 136 cm³/mol. The maximum absolute atomic E-state index is 13.5. The summed E-state index contributed by atoms with van der Waals surface area (Å²) in [5.41, 5.74) is 1.11. The summed E-state index contributed by atoms with van der Waals surface area (Å²) in [6.45, 7) is 5.14. The summed E-state index contributed by atoms with van der Waals surface area (Å²) >= 11 is 9.33. The van der Waals surface area contributed by atoms with Crippen LogP contribution < -0.4 is 9.62 Å². The Labute approximate surface area is 209 Å². The standard InChI is InChI=1S/C23H29BrClN3O4S/c1-5-16(2)26-23(30)17(3)27(14-18-10-12-19(25)13-11-18)22(29)15-28(33(4,31)32)21-9-7-6-8-20(21)24/h6-13,16-17H,5,14-15H2,1-4H3,(H,26,30)/t16-,17+/m1/s1. The molecule has 10 heteroatoms. The van der Waals surface area contributed by atoms with Crippen molar-refractivity contribution in [2.24, 2.45) is 0 Å². The van der Waals surface area contributed by atoms with Crippen molar-refractivity contribution in [1.29, 1.82) is 0 Å². The molecule has 0 saturated carbocycles. The molecule has 0 saturated heterocycles. The molecule has 0 bridgehead atoms. The van der Waals surface area contributed by atoms with E-state index < -0.39 is 28.5 Å². The number of nitrogens with one attached hydrogen (secondary N) is 1. The first-order chi connectivity index (χ1) is 15.4. The van der Waals surface area contributed by atoms with Gasteiger partial charge in [-0.25, -0.2) is 8.42 Å². The third-order valence-corrected chi connectivity index (χ3v) is 7.28. The van der Waals surface area contributed by atoms with E-state index in [0.29, 0.717) is 15.2 Å². The second-order valence-corrected chi connectivity index (χ2v) is 11.1. The number of carbonyl (C=O) groups excluding carboxylic acids is 2. The SMILES string of the molecule is CC[C@@H](C)NC(=O)[C@H](C)N(Cc1ccc(Cl)cc1)C(=O)CN(c1ccccc1Br)S(C)(=O)=O. The van der Waals surface area contributed by atoms with Crippen LogP contribution in [0.2, 0.25) is 5.02 Å². The van der Waals surface area contributed by atoms with Gasteiger partial charge in [-0.2, -0.15) is 0 Å². The lowest BCUT2D eigenvalue weighted by molar-refractivity contribution is -0.139. The number of para-hydroxylation sites is 1. The third kappa shape index (κ3) is 7.72. The van der Waals surface area contributed by atoms with E-state index in [1.54, 1.807) is 55.5 Å². The molecule has 2 amide bonds. The molecule has 0 aliphatic carbocycles. The molecule has 0 spiro atoms. The summed E-state index contributed by atoms with van der Waals surface area (Å²) in [4.78, 5) is 27.7. The molecule has 1 N–H and O–H groups in total. The maximum atomic E-state index is 13.5. The number of carbonyl (C=O) groups is 2. The fraction of sp³-hybridized carbons (Fsp3) is 0.391. The summed E-state index contributed by atoms with van der Waals surface area (Å²) in [6, 6.07) is 12.8. The van der Waals surface area contributed by atoms with Gasteiger partial charge in [-0.3, -0.25) is 13.9 Å². The lowest BCUT2D eigenvalue weighted by Crippen LogP contribution is -2.52. The first kappa shape index (κ1) is 27.1. The Balaban J connectivity index is 2.39. The first-order valence-electron chi connectivity index (χ1n) is 10.5. The van der Waals surface area contributed by atoms with Crippen LogP contribution in [0.1, 0.15) is 32.8 Å². The molecule has 7 nitrogen and oxygen atoms in total. The molecular weight excluding hydrogens is 530 g/mol. The largest absolute Gasteiger partial charge is 0.352 e. The number of sulfonamides is 1. The molecular formula is C23H29BrClN3O4S. The van der Waals surface area contributed by atoms with Gasteiger partial charge in [0.05, 0.1) is 11.9 Å². The van der Waals surface area contributed by atoms with Crippen molar-refractivity contribution in [2.45, 2.75) is 45.8 Å². The van der Waals surface area contributed by atoms with Crippen LogP contribution in [0.25, 0.3) is 0 Å². The molecule has 2 rings (SSSR count). The molecule has 2 atom stereocenters. The molecule has 2 aromatic rings. The van der Waals surface area contributed by atoms with Crippen molar-refractivity contribution >= 4 is 55.1 Å². The third-order valence-electron chi connectivity index (χ3n) is 5.23. The van der Waals surface area contributed by atoms with Crippen LogP contribution in [0.15, 0.2) is 53.0 Å². The Kier molecular flexibility index (Phi) is 9.75. The topological polar surface area (TPSA) is 86.8 Å². The van der Waals surface area contributed by atoms with Crippen LogP contribution in [0, 0.1) is 0 Å². The van der Waals surface area contributed by atoms with Gasteiger partial charge in [-0.05, 0) is 66.0 Å². The smallest absolute Gasteiger partial charge is 0.244 e. The Hall–Kier alpha value is -2.10. The van der Waals surface area contributed by atoms with E-state index in [1.165, 1.54) is 4.90 Å². The van der Waals surface area contributed by atoms with Crippen molar-refractivity contribution in [2.75, 3.05) is 17.1 Å². The fourth-order valence-corrected chi connectivity index (χ4v) is 4.69. The number of hydrogen-bond acceptors (Lipinski definition) is 4. The Morgan fingerprint density at radius 2 is 1.70 bits per heavy atom. The van der Waals surface area contributed by atoms with Gasteiger partial charge in [0.1, 0.15) is 12.6 Å². The van der Waals surface area contributed by atoms with Crippen molar-refractivity contribution in [3.63, 3.8) is 0 Å². The van der Waals surface area contributed by atoms with E-state index in [4.69, 9.17) is 11.6 Å². The molecule has 33 heavy (non-hydrogen) atoms. The molecule has 0 fully saturated rings. The lowest BCUT2D eigenvalue weighted by Gasteiger charge is -2.32. The Morgan fingerprint density at radius 3 is 2.24 bits per heavy atom.